The van der Waals surface area contributed by atoms with E-state index in [0.717, 1.165) is 35.7 Å². The van der Waals surface area contributed by atoms with E-state index in [1.165, 1.54) is 19.3 Å². The predicted molar refractivity (Wildman–Crippen MR) is 114 cm³/mol. The summed E-state index contributed by atoms with van der Waals surface area (Å²) in [6.45, 7) is 7.39. The van der Waals surface area contributed by atoms with E-state index in [9.17, 15) is 4.79 Å². The van der Waals surface area contributed by atoms with Crippen LogP contribution in [0.5, 0.6) is 5.75 Å². The molecule has 0 spiro atoms. The van der Waals surface area contributed by atoms with Crippen LogP contribution in [0.2, 0.25) is 0 Å². The molecule has 1 amide bonds. The van der Waals surface area contributed by atoms with Crippen molar-refractivity contribution in [3.8, 4) is 5.75 Å². The van der Waals surface area contributed by atoms with Crippen LogP contribution in [0.3, 0.4) is 0 Å². The fourth-order valence-corrected chi connectivity index (χ4v) is 2.91. The van der Waals surface area contributed by atoms with Crippen LogP contribution in [0.25, 0.3) is 0 Å². The third kappa shape index (κ3) is 7.33. The third-order valence-electron chi connectivity index (χ3n) is 4.41. The molecule has 0 saturated heterocycles. The molecule has 0 aliphatic heterocycles. The minimum Gasteiger partial charge on any atom is -0.494 e. The van der Waals surface area contributed by atoms with Crippen LogP contribution >= 0.6 is 0 Å². The Labute approximate surface area is 163 Å². The highest BCUT2D eigenvalue weighted by Gasteiger charge is 2.09. The van der Waals surface area contributed by atoms with Crippen molar-refractivity contribution in [2.45, 2.75) is 52.4 Å². The van der Waals surface area contributed by atoms with Crippen LogP contribution in [0, 0.1) is 0 Å². The second-order valence-electron chi connectivity index (χ2n) is 7.08. The number of nitrogens with one attached hydrogen (secondary N) is 2. The topological polar surface area (TPSA) is 50.4 Å². The molecular weight excluding hydrogens is 336 g/mol. The van der Waals surface area contributed by atoms with Gasteiger partial charge >= 0.3 is 0 Å². The molecule has 0 aliphatic rings. The molecule has 146 valence electrons. The highest BCUT2D eigenvalue weighted by atomic mass is 16.5. The van der Waals surface area contributed by atoms with Gasteiger partial charge in [-0.2, -0.15) is 0 Å². The van der Waals surface area contributed by atoms with Gasteiger partial charge in [0.15, 0.2) is 0 Å². The molecule has 0 saturated carbocycles. The summed E-state index contributed by atoms with van der Waals surface area (Å²) in [5, 5.41) is 6.17. The molecular formula is C23H32N2O2. The zero-order chi connectivity index (χ0) is 19.5. The predicted octanol–water partition coefficient (Wildman–Crippen LogP) is 5.82. The van der Waals surface area contributed by atoms with Crippen molar-refractivity contribution in [1.29, 1.82) is 0 Å². The molecule has 0 atom stereocenters. The van der Waals surface area contributed by atoms with E-state index in [-0.39, 0.29) is 12.5 Å². The molecule has 0 unspecified atom stereocenters. The number of rotatable bonds is 11. The van der Waals surface area contributed by atoms with Crippen molar-refractivity contribution in [1.82, 2.24) is 0 Å². The molecule has 0 aliphatic carbocycles. The van der Waals surface area contributed by atoms with E-state index in [2.05, 4.69) is 37.5 Å². The molecule has 0 fully saturated rings. The minimum atomic E-state index is -0.0611. The molecule has 2 aromatic carbocycles. The van der Waals surface area contributed by atoms with Crippen molar-refractivity contribution in [2.75, 3.05) is 23.8 Å². The summed E-state index contributed by atoms with van der Waals surface area (Å²) in [6, 6.07) is 15.7. The number of carbonyl (C=O) groups excluding carboxylic acids is 1. The summed E-state index contributed by atoms with van der Waals surface area (Å²) in [4.78, 5) is 12.3. The van der Waals surface area contributed by atoms with Crippen molar-refractivity contribution in [2.24, 2.45) is 0 Å². The molecule has 4 nitrogen and oxygen atoms in total. The van der Waals surface area contributed by atoms with Crippen molar-refractivity contribution >= 4 is 17.3 Å². The Morgan fingerprint density at radius 3 is 2.63 bits per heavy atom. The zero-order valence-electron chi connectivity index (χ0n) is 16.8. The lowest BCUT2D eigenvalue weighted by Gasteiger charge is -2.14. The minimum absolute atomic E-state index is 0.0611. The number of hydrogen-bond donors (Lipinski definition) is 2. The van der Waals surface area contributed by atoms with Gasteiger partial charge in [-0.05, 0) is 36.1 Å². The molecule has 2 N–H and O–H groups in total. The monoisotopic (exact) mass is 368 g/mol. The fraction of sp³-hybridized carbons (Fsp3) is 0.435. The maximum atomic E-state index is 12.3. The largest absolute Gasteiger partial charge is 0.494 e. The maximum absolute atomic E-state index is 12.3. The molecule has 0 bridgehead atoms. The van der Waals surface area contributed by atoms with Crippen molar-refractivity contribution in [3.05, 3.63) is 54.1 Å². The normalized spacial score (nSPS) is 10.7. The van der Waals surface area contributed by atoms with Gasteiger partial charge in [0.05, 0.1) is 13.2 Å². The molecule has 0 heterocycles. The number of unbranched alkanes of at least 4 members (excludes halogenated alkanes) is 3. The second kappa shape index (κ2) is 11.3. The standard InChI is InChI=1S/C23H32N2O2/c1-4-5-6-9-15-27-20-12-10-11-19(16-20)24-17-23(26)25-22-14-8-7-13-21(22)18(2)3/h7-8,10-14,16,18,24H,4-6,9,15,17H2,1-3H3,(H,25,26). The summed E-state index contributed by atoms with van der Waals surface area (Å²) in [7, 11) is 0. The van der Waals surface area contributed by atoms with E-state index < -0.39 is 0 Å². The number of ether oxygens (including phenoxy) is 1. The lowest BCUT2D eigenvalue weighted by Crippen LogP contribution is -2.22. The Hall–Kier alpha value is -2.49. The Morgan fingerprint density at radius 2 is 1.85 bits per heavy atom. The van der Waals surface area contributed by atoms with Crippen LogP contribution in [-0.4, -0.2) is 19.1 Å². The Morgan fingerprint density at radius 1 is 1.04 bits per heavy atom. The lowest BCUT2D eigenvalue weighted by atomic mass is 10.0. The number of hydrogen-bond acceptors (Lipinski definition) is 3. The van der Waals surface area contributed by atoms with Gasteiger partial charge in [-0.1, -0.05) is 64.3 Å². The van der Waals surface area contributed by atoms with Crippen molar-refractivity contribution < 1.29 is 9.53 Å². The third-order valence-corrected chi connectivity index (χ3v) is 4.41. The molecule has 2 aromatic rings. The fourth-order valence-electron chi connectivity index (χ4n) is 2.91. The first-order valence-corrected chi connectivity index (χ1v) is 9.95. The Bertz CT molecular complexity index is 713. The van der Waals surface area contributed by atoms with Gasteiger partial charge in [0.1, 0.15) is 5.75 Å². The maximum Gasteiger partial charge on any atom is 0.243 e. The van der Waals surface area contributed by atoms with E-state index in [4.69, 9.17) is 4.74 Å². The number of benzene rings is 2. The first-order chi connectivity index (χ1) is 13.1. The van der Waals surface area contributed by atoms with Gasteiger partial charge < -0.3 is 15.4 Å². The second-order valence-corrected chi connectivity index (χ2v) is 7.08. The van der Waals surface area contributed by atoms with E-state index in [1.807, 2.05) is 42.5 Å². The van der Waals surface area contributed by atoms with E-state index >= 15 is 0 Å². The molecule has 0 radical (unpaired) electrons. The highest BCUT2D eigenvalue weighted by molar-refractivity contribution is 5.94. The summed E-state index contributed by atoms with van der Waals surface area (Å²) in [6.07, 6.45) is 4.75. The van der Waals surface area contributed by atoms with Gasteiger partial charge in [-0.3, -0.25) is 4.79 Å². The van der Waals surface area contributed by atoms with Gasteiger partial charge in [0, 0.05) is 17.4 Å². The van der Waals surface area contributed by atoms with Crippen LogP contribution < -0.4 is 15.4 Å². The summed E-state index contributed by atoms with van der Waals surface area (Å²) >= 11 is 0. The average Bonchev–Trinajstić information content (AvgIpc) is 2.67. The van der Waals surface area contributed by atoms with E-state index in [1.54, 1.807) is 0 Å². The van der Waals surface area contributed by atoms with Gasteiger partial charge in [0.2, 0.25) is 5.91 Å². The average molecular weight is 369 g/mol. The first-order valence-electron chi connectivity index (χ1n) is 9.95. The first kappa shape index (κ1) is 20.8. The van der Waals surface area contributed by atoms with Crippen LogP contribution in [-0.2, 0) is 4.79 Å². The van der Waals surface area contributed by atoms with E-state index in [0.29, 0.717) is 5.92 Å². The highest BCUT2D eigenvalue weighted by Crippen LogP contribution is 2.23. The van der Waals surface area contributed by atoms with Crippen LogP contribution in [0.4, 0.5) is 11.4 Å². The van der Waals surface area contributed by atoms with Gasteiger partial charge in [0.25, 0.3) is 0 Å². The number of para-hydroxylation sites is 1. The quantitative estimate of drug-likeness (QED) is 0.491. The molecule has 2 rings (SSSR count). The van der Waals surface area contributed by atoms with Crippen LogP contribution in [0.15, 0.2) is 48.5 Å². The summed E-state index contributed by atoms with van der Waals surface area (Å²) in [5.74, 6) is 1.14. The number of anilines is 2. The zero-order valence-corrected chi connectivity index (χ0v) is 16.8. The molecule has 4 heteroatoms. The summed E-state index contributed by atoms with van der Waals surface area (Å²) < 4.78 is 5.80. The molecule has 27 heavy (non-hydrogen) atoms. The SMILES string of the molecule is CCCCCCOc1cccc(NCC(=O)Nc2ccccc2C(C)C)c1. The van der Waals surface area contributed by atoms with Crippen LogP contribution in [0.1, 0.15) is 57.9 Å². The smallest absolute Gasteiger partial charge is 0.243 e. The lowest BCUT2D eigenvalue weighted by molar-refractivity contribution is -0.114. The summed E-state index contributed by atoms with van der Waals surface area (Å²) in [5.41, 5.74) is 2.90. The number of carbonyl (C=O) groups is 1. The molecule has 0 aromatic heterocycles. The van der Waals surface area contributed by atoms with Crippen molar-refractivity contribution in [3.63, 3.8) is 0 Å². The van der Waals surface area contributed by atoms with Gasteiger partial charge in [-0.15, -0.1) is 0 Å². The Kier molecular flexibility index (Phi) is 8.69. The van der Waals surface area contributed by atoms with Gasteiger partial charge in [-0.25, -0.2) is 0 Å². The number of amides is 1. The Balaban J connectivity index is 1.82.